The van der Waals surface area contributed by atoms with Crippen molar-refractivity contribution in [1.82, 2.24) is 9.55 Å². The van der Waals surface area contributed by atoms with Gasteiger partial charge in [-0.3, -0.25) is 14.5 Å². The van der Waals surface area contributed by atoms with Crippen molar-refractivity contribution in [2.24, 2.45) is 5.92 Å². The molecule has 1 aliphatic rings. The fourth-order valence-corrected chi connectivity index (χ4v) is 5.18. The standard InChI is InChI=1S/C27H23Cl2N3O3/c1-2-35-26(34)23-24(19-13-12-18(28)16-20(19)29)32-22-11-7-6-10-21(22)30-27(32)31(25(23)33)15-14-17-8-4-3-5-9-17/h3-13,16,23-24H,2,14-15H2,1H3/t23-,24+/m0/s1. The second kappa shape index (κ2) is 9.72. The van der Waals surface area contributed by atoms with Crippen LogP contribution in [0.4, 0.5) is 5.95 Å². The maximum atomic E-state index is 14.0. The number of carbonyl (C=O) groups is 2. The summed E-state index contributed by atoms with van der Waals surface area (Å²) in [5.41, 5.74) is 3.21. The normalized spacial score (nSPS) is 17.5. The van der Waals surface area contributed by atoms with E-state index in [2.05, 4.69) is 0 Å². The lowest BCUT2D eigenvalue weighted by atomic mass is 9.89. The van der Waals surface area contributed by atoms with E-state index in [1.54, 1.807) is 30.0 Å². The molecule has 1 aromatic heterocycles. The number of ether oxygens (including phenoxy) is 1. The van der Waals surface area contributed by atoms with Gasteiger partial charge in [0.15, 0.2) is 5.92 Å². The van der Waals surface area contributed by atoms with Crippen molar-refractivity contribution in [1.29, 1.82) is 0 Å². The number of benzene rings is 3. The molecule has 178 valence electrons. The third kappa shape index (κ3) is 4.28. The minimum Gasteiger partial charge on any atom is -0.465 e. The smallest absolute Gasteiger partial charge is 0.321 e. The third-order valence-corrected chi connectivity index (χ3v) is 6.80. The summed E-state index contributed by atoms with van der Waals surface area (Å²) < 4.78 is 7.32. The molecule has 4 aromatic rings. The highest BCUT2D eigenvalue weighted by Gasteiger charge is 2.48. The molecular formula is C27H23Cl2N3O3. The average Bonchev–Trinajstić information content (AvgIpc) is 3.23. The van der Waals surface area contributed by atoms with Crippen LogP contribution in [-0.4, -0.2) is 34.6 Å². The van der Waals surface area contributed by atoms with Crippen LogP contribution < -0.4 is 4.90 Å². The number of para-hydroxylation sites is 2. The van der Waals surface area contributed by atoms with Crippen LogP contribution in [0.1, 0.15) is 24.1 Å². The number of rotatable bonds is 6. The van der Waals surface area contributed by atoms with Crippen LogP contribution in [0.3, 0.4) is 0 Å². The fraction of sp³-hybridized carbons (Fsp3) is 0.222. The van der Waals surface area contributed by atoms with Gasteiger partial charge in [0.1, 0.15) is 0 Å². The lowest BCUT2D eigenvalue weighted by molar-refractivity contribution is -0.153. The van der Waals surface area contributed by atoms with E-state index in [1.807, 2.05) is 59.2 Å². The number of hydrogen-bond acceptors (Lipinski definition) is 4. The molecule has 5 rings (SSSR count). The van der Waals surface area contributed by atoms with Gasteiger partial charge in [-0.1, -0.05) is 71.7 Å². The van der Waals surface area contributed by atoms with E-state index >= 15 is 0 Å². The molecule has 0 spiro atoms. The van der Waals surface area contributed by atoms with Gasteiger partial charge >= 0.3 is 5.97 Å². The van der Waals surface area contributed by atoms with Crippen LogP contribution in [0.2, 0.25) is 10.0 Å². The Balaban J connectivity index is 1.70. The number of halogens is 2. The third-order valence-electron chi connectivity index (χ3n) is 6.23. The highest BCUT2D eigenvalue weighted by Crippen LogP contribution is 2.43. The number of aromatic nitrogens is 2. The van der Waals surface area contributed by atoms with E-state index < -0.39 is 17.9 Å². The Labute approximate surface area is 213 Å². The maximum absolute atomic E-state index is 14.0. The molecule has 1 aliphatic heterocycles. The molecule has 0 N–H and O–H groups in total. The van der Waals surface area contributed by atoms with Crippen molar-refractivity contribution in [3.05, 3.63) is 94.0 Å². The van der Waals surface area contributed by atoms with Crippen LogP contribution in [0, 0.1) is 5.92 Å². The number of imidazole rings is 1. The van der Waals surface area contributed by atoms with Gasteiger partial charge in [0, 0.05) is 16.6 Å². The molecule has 0 fully saturated rings. The largest absolute Gasteiger partial charge is 0.465 e. The Bertz CT molecular complexity index is 1400. The van der Waals surface area contributed by atoms with Crippen molar-refractivity contribution in [3.63, 3.8) is 0 Å². The second-order valence-electron chi connectivity index (χ2n) is 8.34. The zero-order valence-corrected chi connectivity index (χ0v) is 20.5. The lowest BCUT2D eigenvalue weighted by Crippen LogP contribution is -2.50. The van der Waals surface area contributed by atoms with E-state index in [0.29, 0.717) is 34.5 Å². The number of esters is 1. The molecule has 8 heteroatoms. The molecule has 2 heterocycles. The molecule has 6 nitrogen and oxygen atoms in total. The van der Waals surface area contributed by atoms with Crippen molar-refractivity contribution in [2.75, 3.05) is 18.1 Å². The topological polar surface area (TPSA) is 64.4 Å². The summed E-state index contributed by atoms with van der Waals surface area (Å²) in [6.45, 7) is 2.25. The molecule has 0 radical (unpaired) electrons. The van der Waals surface area contributed by atoms with Crippen LogP contribution >= 0.6 is 23.2 Å². The van der Waals surface area contributed by atoms with E-state index in [1.165, 1.54) is 0 Å². The first-order valence-electron chi connectivity index (χ1n) is 11.4. The molecule has 3 aromatic carbocycles. The lowest BCUT2D eigenvalue weighted by Gasteiger charge is -2.38. The van der Waals surface area contributed by atoms with E-state index in [4.69, 9.17) is 32.9 Å². The Morgan fingerprint density at radius 2 is 1.77 bits per heavy atom. The highest BCUT2D eigenvalue weighted by molar-refractivity contribution is 6.35. The van der Waals surface area contributed by atoms with E-state index in [-0.39, 0.29) is 12.5 Å². The van der Waals surface area contributed by atoms with Gasteiger partial charge < -0.3 is 9.30 Å². The molecule has 35 heavy (non-hydrogen) atoms. The predicted octanol–water partition coefficient (Wildman–Crippen LogP) is 5.70. The van der Waals surface area contributed by atoms with E-state index in [9.17, 15) is 9.59 Å². The van der Waals surface area contributed by atoms with Crippen molar-refractivity contribution >= 4 is 52.1 Å². The van der Waals surface area contributed by atoms with Crippen LogP contribution in [0.25, 0.3) is 11.0 Å². The van der Waals surface area contributed by atoms with Gasteiger partial charge in [0.2, 0.25) is 11.9 Å². The van der Waals surface area contributed by atoms with Crippen LogP contribution in [-0.2, 0) is 20.7 Å². The summed E-state index contributed by atoms with van der Waals surface area (Å²) in [5, 5.41) is 0.833. The summed E-state index contributed by atoms with van der Waals surface area (Å²) in [7, 11) is 0. The Morgan fingerprint density at radius 1 is 1.03 bits per heavy atom. The number of carbonyl (C=O) groups excluding carboxylic acids is 2. The van der Waals surface area contributed by atoms with Crippen LogP contribution in [0.15, 0.2) is 72.8 Å². The zero-order valence-electron chi connectivity index (χ0n) is 19.0. The quantitative estimate of drug-likeness (QED) is 0.248. The number of nitrogens with zero attached hydrogens (tertiary/aromatic N) is 3. The molecule has 0 aliphatic carbocycles. The molecule has 0 saturated heterocycles. The second-order valence-corrected chi connectivity index (χ2v) is 9.18. The highest BCUT2D eigenvalue weighted by atomic mass is 35.5. The average molecular weight is 508 g/mol. The molecule has 0 saturated carbocycles. The first kappa shape index (κ1) is 23.4. The summed E-state index contributed by atoms with van der Waals surface area (Å²) in [6, 6.07) is 21.9. The minimum atomic E-state index is -1.13. The van der Waals surface area contributed by atoms with Crippen molar-refractivity contribution < 1.29 is 14.3 Å². The number of hydrogen-bond donors (Lipinski definition) is 0. The van der Waals surface area contributed by atoms with Crippen LogP contribution in [0.5, 0.6) is 0 Å². The molecule has 2 atom stereocenters. The first-order chi connectivity index (χ1) is 17.0. The maximum Gasteiger partial charge on any atom is 0.321 e. The first-order valence-corrected chi connectivity index (χ1v) is 12.2. The summed E-state index contributed by atoms with van der Waals surface area (Å²) >= 11 is 12.8. The van der Waals surface area contributed by atoms with Gasteiger partial charge in [-0.25, -0.2) is 4.98 Å². The number of anilines is 1. The van der Waals surface area contributed by atoms with Gasteiger partial charge in [-0.05, 0) is 48.7 Å². The van der Waals surface area contributed by atoms with E-state index in [0.717, 1.165) is 16.6 Å². The Morgan fingerprint density at radius 3 is 2.51 bits per heavy atom. The molecule has 0 bridgehead atoms. The summed E-state index contributed by atoms with van der Waals surface area (Å²) in [4.78, 5) is 33.7. The number of fused-ring (bicyclic) bond motifs is 3. The molecular weight excluding hydrogens is 485 g/mol. The van der Waals surface area contributed by atoms with Crippen molar-refractivity contribution in [2.45, 2.75) is 19.4 Å². The molecule has 0 unspecified atom stereocenters. The van der Waals surface area contributed by atoms with Gasteiger partial charge in [-0.2, -0.15) is 0 Å². The monoisotopic (exact) mass is 507 g/mol. The predicted molar refractivity (Wildman–Crippen MR) is 137 cm³/mol. The number of amides is 1. The Hall–Kier alpha value is -3.35. The van der Waals surface area contributed by atoms with Gasteiger partial charge in [0.25, 0.3) is 0 Å². The minimum absolute atomic E-state index is 0.158. The molecule has 1 amide bonds. The summed E-state index contributed by atoms with van der Waals surface area (Å²) in [6.07, 6.45) is 0.609. The fourth-order valence-electron chi connectivity index (χ4n) is 4.66. The van der Waals surface area contributed by atoms with Gasteiger partial charge in [0.05, 0.1) is 23.7 Å². The zero-order chi connectivity index (χ0) is 24.5. The Kier molecular flexibility index (Phi) is 6.50. The van der Waals surface area contributed by atoms with Crippen molar-refractivity contribution in [3.8, 4) is 0 Å². The summed E-state index contributed by atoms with van der Waals surface area (Å²) in [5.74, 6) is -1.61. The van der Waals surface area contributed by atoms with Gasteiger partial charge in [-0.15, -0.1) is 0 Å². The SMILES string of the molecule is CCOC(=O)[C@@H]1C(=O)N(CCc2ccccc2)c2nc3ccccc3n2[C@@H]1c1ccc(Cl)cc1Cl.